The van der Waals surface area contributed by atoms with Gasteiger partial charge < -0.3 is 13.3 Å². The molecule has 0 aromatic carbocycles. The van der Waals surface area contributed by atoms with Crippen molar-refractivity contribution >= 4 is 24.6 Å². The predicted octanol–water partition coefficient (Wildman–Crippen LogP) is 0.196. The van der Waals surface area contributed by atoms with Crippen molar-refractivity contribution in [2.24, 2.45) is 0 Å². The van der Waals surface area contributed by atoms with Gasteiger partial charge in [0.25, 0.3) is 10.0 Å². The van der Waals surface area contributed by atoms with Crippen molar-refractivity contribution in [1.29, 1.82) is 0 Å². The summed E-state index contributed by atoms with van der Waals surface area (Å²) in [5.74, 6) is 0. The van der Waals surface area contributed by atoms with Crippen LogP contribution in [0.1, 0.15) is 6.42 Å². The smallest absolute Gasteiger partial charge is 0.294 e. The monoisotopic (exact) mass is 190 g/mol. The van der Waals surface area contributed by atoms with E-state index in [1.165, 1.54) is 0 Å². The van der Waals surface area contributed by atoms with Gasteiger partial charge in [-0.1, -0.05) is 0 Å². The lowest BCUT2D eigenvalue weighted by molar-refractivity contribution is -0.107. The number of carbonyl (C=O) groups excluding carboxylic acids is 1. The molecule has 0 aromatic heterocycles. The fraction of sp³-hybridized carbons (Fsp3) is 0.833. The molecule has 0 bridgehead atoms. The number of hydrogen-bond donors (Lipinski definition) is 0. The Morgan fingerprint density at radius 2 is 2.55 bits per heavy atom. The molecule has 3 nitrogen and oxygen atoms in total. The molecular formula is C6H14O3Si2. The van der Waals surface area contributed by atoms with E-state index >= 15 is 0 Å². The zero-order valence-electron chi connectivity index (χ0n) is 6.84. The standard InChI is InChI=1S/C6H14O3Si2/c1-11(5-2-3-7)6-4-8-10-9-11/h3H,2,4-6,10H2,1H3. The van der Waals surface area contributed by atoms with E-state index in [4.69, 9.17) is 8.54 Å². The van der Waals surface area contributed by atoms with E-state index in [2.05, 4.69) is 6.55 Å². The van der Waals surface area contributed by atoms with Crippen LogP contribution in [0.15, 0.2) is 0 Å². The Morgan fingerprint density at radius 3 is 3.09 bits per heavy atom. The molecular weight excluding hydrogens is 176 g/mol. The second-order valence-electron chi connectivity index (χ2n) is 3.08. The highest BCUT2D eigenvalue weighted by Gasteiger charge is 2.30. The molecule has 0 N–H and O–H groups in total. The van der Waals surface area contributed by atoms with Crippen LogP contribution in [0.4, 0.5) is 0 Å². The third kappa shape index (κ3) is 2.86. The first-order valence-corrected chi connectivity index (χ1v) is 7.90. The van der Waals surface area contributed by atoms with Crippen LogP contribution in [0.2, 0.25) is 18.6 Å². The topological polar surface area (TPSA) is 35.5 Å². The largest absolute Gasteiger partial charge is 0.440 e. The lowest BCUT2D eigenvalue weighted by Gasteiger charge is -2.31. The summed E-state index contributed by atoms with van der Waals surface area (Å²) in [7, 11) is -2.13. The summed E-state index contributed by atoms with van der Waals surface area (Å²) in [6, 6.07) is 2.04. The maximum Gasteiger partial charge on any atom is 0.294 e. The van der Waals surface area contributed by atoms with Crippen LogP contribution >= 0.6 is 0 Å². The number of carbonyl (C=O) groups is 1. The molecule has 1 aliphatic rings. The molecule has 0 aromatic rings. The summed E-state index contributed by atoms with van der Waals surface area (Å²) in [5, 5.41) is 0. The van der Waals surface area contributed by atoms with Gasteiger partial charge >= 0.3 is 0 Å². The molecule has 0 radical (unpaired) electrons. The fourth-order valence-corrected chi connectivity index (χ4v) is 5.90. The van der Waals surface area contributed by atoms with Gasteiger partial charge in [-0.15, -0.1) is 0 Å². The van der Waals surface area contributed by atoms with Crippen LogP contribution in [0, 0.1) is 0 Å². The molecule has 1 fully saturated rings. The van der Waals surface area contributed by atoms with Crippen molar-refractivity contribution in [3.8, 4) is 0 Å². The van der Waals surface area contributed by atoms with Crippen molar-refractivity contribution in [1.82, 2.24) is 0 Å². The molecule has 1 unspecified atom stereocenters. The Balaban J connectivity index is 2.30. The molecule has 0 aliphatic carbocycles. The molecule has 5 heteroatoms. The maximum atomic E-state index is 10.1. The molecule has 1 aliphatic heterocycles. The van der Waals surface area contributed by atoms with Crippen LogP contribution < -0.4 is 0 Å². The minimum atomic E-state index is -1.45. The molecule has 0 spiro atoms. The van der Waals surface area contributed by atoms with Crippen molar-refractivity contribution in [2.75, 3.05) is 6.61 Å². The van der Waals surface area contributed by atoms with Gasteiger partial charge in [0.1, 0.15) is 6.29 Å². The molecule has 1 atom stereocenters. The third-order valence-electron chi connectivity index (χ3n) is 2.06. The van der Waals surface area contributed by atoms with Crippen LogP contribution in [0.5, 0.6) is 0 Å². The molecule has 1 saturated heterocycles. The van der Waals surface area contributed by atoms with Gasteiger partial charge in [0.05, 0.1) is 0 Å². The van der Waals surface area contributed by atoms with Crippen LogP contribution in [-0.2, 0) is 13.3 Å². The summed E-state index contributed by atoms with van der Waals surface area (Å²) in [4.78, 5) is 10.1. The fourth-order valence-electron chi connectivity index (χ4n) is 1.16. The lowest BCUT2D eigenvalue weighted by Crippen LogP contribution is -2.41. The first kappa shape index (κ1) is 9.11. The van der Waals surface area contributed by atoms with E-state index < -0.39 is 18.3 Å². The zero-order valence-corrected chi connectivity index (χ0v) is 9.25. The Hall–Kier alpha value is 0.0238. The van der Waals surface area contributed by atoms with E-state index in [1.54, 1.807) is 0 Å². The zero-order chi connectivity index (χ0) is 8.16. The average Bonchev–Trinajstić information content (AvgIpc) is 2.03. The average molecular weight is 190 g/mol. The molecule has 1 rings (SSSR count). The van der Waals surface area contributed by atoms with Crippen molar-refractivity contribution in [2.45, 2.75) is 25.1 Å². The van der Waals surface area contributed by atoms with Crippen LogP contribution in [-0.4, -0.2) is 31.2 Å². The first-order valence-electron chi connectivity index (χ1n) is 3.92. The number of aldehydes is 1. The van der Waals surface area contributed by atoms with Crippen LogP contribution in [0.25, 0.3) is 0 Å². The summed E-state index contributed by atoms with van der Waals surface area (Å²) in [6.45, 7) is 3.07. The number of hydrogen-bond acceptors (Lipinski definition) is 3. The second-order valence-corrected chi connectivity index (χ2v) is 8.77. The summed E-state index contributed by atoms with van der Waals surface area (Å²) >= 11 is 0. The van der Waals surface area contributed by atoms with Gasteiger partial charge in [-0.3, -0.25) is 0 Å². The van der Waals surface area contributed by atoms with E-state index in [1.807, 2.05) is 0 Å². The van der Waals surface area contributed by atoms with Gasteiger partial charge in [0, 0.05) is 13.0 Å². The normalized spacial score (nSPS) is 33.9. The van der Waals surface area contributed by atoms with Crippen molar-refractivity contribution in [3.63, 3.8) is 0 Å². The van der Waals surface area contributed by atoms with Crippen molar-refractivity contribution < 1.29 is 13.3 Å². The van der Waals surface area contributed by atoms with E-state index in [9.17, 15) is 4.79 Å². The first-order chi connectivity index (χ1) is 5.27. The maximum absolute atomic E-state index is 10.1. The Bertz CT molecular complexity index is 134. The summed E-state index contributed by atoms with van der Waals surface area (Å²) < 4.78 is 10.9. The molecule has 0 amide bonds. The SMILES string of the molecule is C[Si]1(CCC=O)CCO[SiH2]O1. The molecule has 11 heavy (non-hydrogen) atoms. The Morgan fingerprint density at radius 1 is 1.73 bits per heavy atom. The molecule has 64 valence electrons. The summed E-state index contributed by atoms with van der Waals surface area (Å²) in [6.07, 6.45) is 1.65. The summed E-state index contributed by atoms with van der Waals surface area (Å²) in [5.41, 5.74) is 0. The minimum absolute atomic E-state index is 0.664. The second kappa shape index (κ2) is 4.15. The van der Waals surface area contributed by atoms with E-state index in [0.717, 1.165) is 25.0 Å². The van der Waals surface area contributed by atoms with Gasteiger partial charge in [-0.25, -0.2) is 0 Å². The highest BCUT2D eigenvalue weighted by atomic mass is 28.4. The van der Waals surface area contributed by atoms with Gasteiger partial charge in [0.2, 0.25) is 0 Å². The van der Waals surface area contributed by atoms with Crippen LogP contribution in [0.3, 0.4) is 0 Å². The quantitative estimate of drug-likeness (QED) is 0.471. The highest BCUT2D eigenvalue weighted by molar-refractivity contribution is 6.76. The van der Waals surface area contributed by atoms with E-state index in [0.29, 0.717) is 6.42 Å². The Kier molecular flexibility index (Phi) is 3.44. The van der Waals surface area contributed by atoms with E-state index in [-0.39, 0.29) is 0 Å². The lowest BCUT2D eigenvalue weighted by atomic mass is 10.6. The molecule has 0 saturated carbocycles. The Labute approximate surface area is 70.3 Å². The van der Waals surface area contributed by atoms with Gasteiger partial charge in [-0.2, -0.15) is 0 Å². The predicted molar refractivity (Wildman–Crippen MR) is 47.5 cm³/mol. The van der Waals surface area contributed by atoms with Gasteiger partial charge in [-0.05, 0) is 18.6 Å². The van der Waals surface area contributed by atoms with Gasteiger partial charge in [0.15, 0.2) is 8.32 Å². The molecule has 1 heterocycles. The van der Waals surface area contributed by atoms with Crippen molar-refractivity contribution in [3.05, 3.63) is 0 Å². The number of rotatable bonds is 3. The highest BCUT2D eigenvalue weighted by Crippen LogP contribution is 2.21. The third-order valence-corrected chi connectivity index (χ3v) is 8.38. The minimum Gasteiger partial charge on any atom is -0.440 e.